The van der Waals surface area contributed by atoms with Gasteiger partial charge in [0.05, 0.1) is 0 Å². The fourth-order valence-electron chi connectivity index (χ4n) is 3.04. The summed E-state index contributed by atoms with van der Waals surface area (Å²) < 4.78 is 0. The molecule has 1 aliphatic rings. The molecule has 1 N–H and O–H groups in total. The van der Waals surface area contributed by atoms with Gasteiger partial charge in [-0.25, -0.2) is 0 Å². The maximum absolute atomic E-state index is 12.0. The number of aryl methyl sites for hydroxylation is 1. The van der Waals surface area contributed by atoms with Gasteiger partial charge in [-0.05, 0) is 44.2 Å². The second-order valence-electron chi connectivity index (χ2n) is 6.19. The Morgan fingerprint density at radius 2 is 1.95 bits per heavy atom. The molecule has 21 heavy (non-hydrogen) atoms. The summed E-state index contributed by atoms with van der Waals surface area (Å²) in [5, 5.41) is 3.14. The Balaban J connectivity index is 1.80. The molecule has 1 aromatic rings. The van der Waals surface area contributed by atoms with Gasteiger partial charge in [-0.2, -0.15) is 0 Å². The van der Waals surface area contributed by atoms with Crippen molar-refractivity contribution in [2.24, 2.45) is 11.8 Å². The average molecular weight is 288 g/mol. The van der Waals surface area contributed by atoms with Crippen LogP contribution in [0, 0.1) is 18.8 Å². The van der Waals surface area contributed by atoms with E-state index in [2.05, 4.69) is 55.3 Å². The summed E-state index contributed by atoms with van der Waals surface area (Å²) in [4.78, 5) is 14.5. The predicted octanol–water partition coefficient (Wildman–Crippen LogP) is 3.37. The second kappa shape index (κ2) is 7.48. The van der Waals surface area contributed by atoms with E-state index in [-0.39, 0.29) is 11.8 Å². The van der Waals surface area contributed by atoms with E-state index in [1.54, 1.807) is 0 Å². The molecule has 0 saturated carbocycles. The van der Waals surface area contributed by atoms with E-state index in [4.69, 9.17) is 0 Å². The number of amides is 1. The molecule has 1 aromatic carbocycles. The number of carbonyl (C=O) groups excluding carboxylic acids is 1. The molecule has 0 aliphatic carbocycles. The van der Waals surface area contributed by atoms with E-state index in [9.17, 15) is 4.79 Å². The van der Waals surface area contributed by atoms with Crippen molar-refractivity contribution in [2.75, 3.05) is 24.5 Å². The summed E-state index contributed by atoms with van der Waals surface area (Å²) >= 11 is 0. The van der Waals surface area contributed by atoms with Gasteiger partial charge in [0.25, 0.3) is 0 Å². The quantitative estimate of drug-likeness (QED) is 0.870. The van der Waals surface area contributed by atoms with Crippen LogP contribution in [0.1, 0.15) is 38.7 Å². The number of nitrogens with one attached hydrogen (secondary N) is 1. The Hall–Kier alpha value is -1.51. The molecular weight excluding hydrogens is 260 g/mol. The average Bonchev–Trinajstić information content (AvgIpc) is 2.96. The molecule has 0 spiro atoms. The summed E-state index contributed by atoms with van der Waals surface area (Å²) in [6, 6.07) is 8.72. The lowest BCUT2D eigenvalue weighted by Crippen LogP contribution is -2.35. The van der Waals surface area contributed by atoms with Crippen LogP contribution in [0.3, 0.4) is 0 Å². The van der Waals surface area contributed by atoms with Crippen molar-refractivity contribution in [3.63, 3.8) is 0 Å². The number of nitrogens with zero attached hydrogens (tertiary/aromatic N) is 1. The second-order valence-corrected chi connectivity index (χ2v) is 6.19. The fraction of sp³-hybridized carbons (Fsp3) is 0.611. The summed E-state index contributed by atoms with van der Waals surface area (Å²) in [5.41, 5.74) is 2.60. The van der Waals surface area contributed by atoms with Gasteiger partial charge in [-0.15, -0.1) is 0 Å². The molecule has 2 rings (SSSR count). The van der Waals surface area contributed by atoms with Crippen molar-refractivity contribution >= 4 is 11.6 Å². The highest BCUT2D eigenvalue weighted by Crippen LogP contribution is 2.23. The van der Waals surface area contributed by atoms with Gasteiger partial charge in [0.1, 0.15) is 0 Å². The number of carbonyl (C=O) groups is 1. The molecule has 1 heterocycles. The van der Waals surface area contributed by atoms with Crippen LogP contribution in [0.4, 0.5) is 5.69 Å². The third-order valence-corrected chi connectivity index (χ3v) is 4.61. The highest BCUT2D eigenvalue weighted by Gasteiger charge is 2.24. The third kappa shape index (κ3) is 4.23. The normalized spacial score (nSPS) is 18.3. The summed E-state index contributed by atoms with van der Waals surface area (Å²) in [5.74, 6) is 0.984. The predicted molar refractivity (Wildman–Crippen MR) is 88.6 cm³/mol. The number of hydrogen-bond acceptors (Lipinski definition) is 2. The maximum Gasteiger partial charge on any atom is 0.223 e. The molecule has 1 amide bonds. The van der Waals surface area contributed by atoms with Gasteiger partial charge < -0.3 is 10.2 Å². The molecule has 3 heteroatoms. The Morgan fingerprint density at radius 3 is 2.57 bits per heavy atom. The first-order chi connectivity index (χ1) is 10.1. The van der Waals surface area contributed by atoms with Crippen molar-refractivity contribution in [2.45, 2.75) is 40.0 Å². The lowest BCUT2D eigenvalue weighted by molar-refractivity contribution is -0.125. The van der Waals surface area contributed by atoms with Crippen LogP contribution in [-0.4, -0.2) is 25.5 Å². The molecule has 1 saturated heterocycles. The van der Waals surface area contributed by atoms with Crippen molar-refractivity contribution in [1.29, 1.82) is 0 Å². The zero-order chi connectivity index (χ0) is 15.2. The topological polar surface area (TPSA) is 32.3 Å². The van der Waals surface area contributed by atoms with E-state index in [0.29, 0.717) is 5.92 Å². The molecule has 0 aromatic heterocycles. The van der Waals surface area contributed by atoms with Crippen LogP contribution in [0.15, 0.2) is 24.3 Å². The molecule has 1 atom stereocenters. The zero-order valence-corrected chi connectivity index (χ0v) is 13.6. The van der Waals surface area contributed by atoms with E-state index < -0.39 is 0 Å². The lowest BCUT2D eigenvalue weighted by atomic mass is 10.0. The van der Waals surface area contributed by atoms with Crippen molar-refractivity contribution in [3.8, 4) is 0 Å². The summed E-state index contributed by atoms with van der Waals surface area (Å²) in [7, 11) is 0. The third-order valence-electron chi connectivity index (χ3n) is 4.61. The van der Waals surface area contributed by atoms with Crippen LogP contribution in [0.25, 0.3) is 0 Å². The summed E-state index contributed by atoms with van der Waals surface area (Å²) in [6.07, 6.45) is 3.03. The van der Waals surface area contributed by atoms with Crippen LogP contribution in [0.2, 0.25) is 0 Å². The molecule has 0 bridgehead atoms. The van der Waals surface area contributed by atoms with Crippen LogP contribution in [-0.2, 0) is 4.79 Å². The van der Waals surface area contributed by atoms with Gasteiger partial charge in [-0.1, -0.05) is 31.5 Å². The standard InChI is InChI=1S/C18H28N2O/c1-4-16(5-2)18(21)19-12-15-10-11-20(13-15)17-8-6-14(3)7-9-17/h6-9,15-16H,4-5,10-13H2,1-3H3,(H,19,21). The fourth-order valence-corrected chi connectivity index (χ4v) is 3.04. The summed E-state index contributed by atoms with van der Waals surface area (Å²) in [6.45, 7) is 9.24. The first-order valence-corrected chi connectivity index (χ1v) is 8.23. The molecule has 0 radical (unpaired) electrons. The van der Waals surface area contributed by atoms with E-state index in [1.807, 2.05) is 0 Å². The minimum Gasteiger partial charge on any atom is -0.371 e. The van der Waals surface area contributed by atoms with Gasteiger partial charge in [-0.3, -0.25) is 4.79 Å². The zero-order valence-electron chi connectivity index (χ0n) is 13.6. The van der Waals surface area contributed by atoms with Crippen molar-refractivity contribution in [1.82, 2.24) is 5.32 Å². The van der Waals surface area contributed by atoms with E-state index in [0.717, 1.165) is 38.9 Å². The molecule has 1 unspecified atom stereocenters. The van der Waals surface area contributed by atoms with Gasteiger partial charge >= 0.3 is 0 Å². The Kier molecular flexibility index (Phi) is 5.66. The first-order valence-electron chi connectivity index (χ1n) is 8.23. The Bertz CT molecular complexity index is 451. The van der Waals surface area contributed by atoms with Gasteiger partial charge in [0, 0.05) is 31.2 Å². The van der Waals surface area contributed by atoms with Crippen molar-refractivity contribution in [3.05, 3.63) is 29.8 Å². The minimum atomic E-state index is 0.180. The molecule has 3 nitrogen and oxygen atoms in total. The van der Waals surface area contributed by atoms with Gasteiger partial charge in [0.15, 0.2) is 0 Å². The highest BCUT2D eigenvalue weighted by atomic mass is 16.1. The van der Waals surface area contributed by atoms with Crippen LogP contribution >= 0.6 is 0 Å². The monoisotopic (exact) mass is 288 g/mol. The smallest absolute Gasteiger partial charge is 0.223 e. The Morgan fingerprint density at radius 1 is 1.29 bits per heavy atom. The van der Waals surface area contributed by atoms with Crippen molar-refractivity contribution < 1.29 is 4.79 Å². The molecular formula is C18H28N2O. The maximum atomic E-state index is 12.0. The number of rotatable bonds is 6. The number of hydrogen-bond donors (Lipinski definition) is 1. The first kappa shape index (κ1) is 15.9. The van der Waals surface area contributed by atoms with Crippen LogP contribution in [0.5, 0.6) is 0 Å². The Labute approximate surface area is 128 Å². The number of benzene rings is 1. The molecule has 1 fully saturated rings. The van der Waals surface area contributed by atoms with E-state index >= 15 is 0 Å². The molecule has 116 valence electrons. The molecule has 1 aliphatic heterocycles. The van der Waals surface area contributed by atoms with E-state index in [1.165, 1.54) is 11.3 Å². The lowest BCUT2D eigenvalue weighted by Gasteiger charge is -2.19. The SMILES string of the molecule is CCC(CC)C(=O)NCC1CCN(c2ccc(C)cc2)C1. The minimum absolute atomic E-state index is 0.180. The highest BCUT2D eigenvalue weighted by molar-refractivity contribution is 5.78. The largest absolute Gasteiger partial charge is 0.371 e. The number of anilines is 1. The van der Waals surface area contributed by atoms with Crippen LogP contribution < -0.4 is 10.2 Å². The van der Waals surface area contributed by atoms with Gasteiger partial charge in [0.2, 0.25) is 5.91 Å².